The Hall–Kier alpha value is -1.45. The highest BCUT2D eigenvalue weighted by molar-refractivity contribution is 5.96. The van der Waals surface area contributed by atoms with Gasteiger partial charge in [-0.2, -0.15) is 0 Å². The maximum Gasteiger partial charge on any atom is 0.254 e. The monoisotopic (exact) mass is 253 g/mol. The zero-order valence-corrected chi connectivity index (χ0v) is 10.7. The van der Waals surface area contributed by atoms with E-state index in [2.05, 4.69) is 0 Å². The maximum absolute atomic E-state index is 13.6. The van der Waals surface area contributed by atoms with E-state index >= 15 is 0 Å². The van der Waals surface area contributed by atoms with Crippen molar-refractivity contribution in [2.45, 2.75) is 33.1 Å². The van der Waals surface area contributed by atoms with Crippen LogP contribution in [0.3, 0.4) is 0 Å². The maximum atomic E-state index is 13.6. The molecule has 1 saturated heterocycles. The molecule has 1 amide bonds. The average Bonchev–Trinajstić information content (AvgIpc) is 2.41. The first-order chi connectivity index (χ1) is 8.52. The van der Waals surface area contributed by atoms with Crippen molar-refractivity contribution >= 4 is 5.91 Å². The van der Waals surface area contributed by atoms with E-state index in [1.54, 1.807) is 4.90 Å². The zero-order valence-electron chi connectivity index (χ0n) is 10.7. The number of rotatable bonds is 1. The number of hydrogen-bond acceptors (Lipinski definition) is 1. The van der Waals surface area contributed by atoms with Crippen molar-refractivity contribution in [2.24, 2.45) is 0 Å². The molecule has 98 valence electrons. The molecular weight excluding hydrogens is 236 g/mol. The van der Waals surface area contributed by atoms with Crippen molar-refractivity contribution in [3.63, 3.8) is 0 Å². The predicted octanol–water partition coefficient (Wildman–Crippen LogP) is 3.21. The third-order valence-electron chi connectivity index (χ3n) is 3.51. The summed E-state index contributed by atoms with van der Waals surface area (Å²) in [4.78, 5) is 14.0. The fraction of sp³-hybridized carbons (Fsp3) is 0.500. The molecular formula is C14H17F2NO. The Labute approximate surface area is 106 Å². The third kappa shape index (κ3) is 2.24. The summed E-state index contributed by atoms with van der Waals surface area (Å²) in [5.74, 6) is -1.95. The van der Waals surface area contributed by atoms with Crippen LogP contribution in [0.4, 0.5) is 8.78 Å². The van der Waals surface area contributed by atoms with Crippen molar-refractivity contribution in [2.75, 3.05) is 13.1 Å². The lowest BCUT2D eigenvalue weighted by atomic mass is 10.0. The number of amides is 1. The lowest BCUT2D eigenvalue weighted by molar-refractivity contribution is 0.0722. The number of piperidine rings is 1. The Morgan fingerprint density at radius 2 is 1.72 bits per heavy atom. The standard InChI is InChI=1S/C14H17F2NO/c1-9-8-11(10(2)13(16)12(9)15)14(18)17-6-4-3-5-7-17/h8H,3-7H2,1-2H3. The Balaban J connectivity index is 2.35. The molecule has 0 spiro atoms. The molecule has 1 heterocycles. The smallest absolute Gasteiger partial charge is 0.254 e. The van der Waals surface area contributed by atoms with Crippen LogP contribution in [0.1, 0.15) is 40.7 Å². The van der Waals surface area contributed by atoms with Crippen molar-refractivity contribution in [3.8, 4) is 0 Å². The molecule has 4 heteroatoms. The summed E-state index contributed by atoms with van der Waals surface area (Å²) in [6.07, 6.45) is 3.08. The van der Waals surface area contributed by atoms with Crippen LogP contribution in [-0.2, 0) is 0 Å². The first kappa shape index (κ1) is 13.0. The Kier molecular flexibility index (Phi) is 3.64. The minimum Gasteiger partial charge on any atom is -0.339 e. The van der Waals surface area contributed by atoms with Crippen LogP contribution >= 0.6 is 0 Å². The van der Waals surface area contributed by atoms with E-state index < -0.39 is 11.6 Å². The number of benzene rings is 1. The van der Waals surface area contributed by atoms with E-state index in [1.807, 2.05) is 0 Å². The first-order valence-corrected chi connectivity index (χ1v) is 6.27. The molecule has 2 nitrogen and oxygen atoms in total. The van der Waals surface area contributed by atoms with E-state index in [4.69, 9.17) is 0 Å². The highest BCUT2D eigenvalue weighted by Gasteiger charge is 2.23. The molecule has 1 aromatic rings. The van der Waals surface area contributed by atoms with Crippen LogP contribution in [0.5, 0.6) is 0 Å². The van der Waals surface area contributed by atoms with Gasteiger partial charge in [0.05, 0.1) is 0 Å². The Morgan fingerprint density at radius 3 is 2.33 bits per heavy atom. The lowest BCUT2D eigenvalue weighted by Gasteiger charge is -2.27. The molecule has 18 heavy (non-hydrogen) atoms. The molecule has 0 aromatic heterocycles. The molecule has 0 aliphatic carbocycles. The average molecular weight is 253 g/mol. The minimum absolute atomic E-state index is 0.105. The van der Waals surface area contributed by atoms with Gasteiger partial charge in [0.25, 0.3) is 5.91 Å². The second kappa shape index (κ2) is 5.04. The number of aryl methyl sites for hydroxylation is 1. The molecule has 1 fully saturated rings. The van der Waals surface area contributed by atoms with Gasteiger partial charge in [0.2, 0.25) is 0 Å². The van der Waals surface area contributed by atoms with Crippen molar-refractivity contribution in [1.29, 1.82) is 0 Å². The van der Waals surface area contributed by atoms with Crippen molar-refractivity contribution in [3.05, 3.63) is 34.4 Å². The highest BCUT2D eigenvalue weighted by Crippen LogP contribution is 2.22. The summed E-state index contributed by atoms with van der Waals surface area (Å²) in [5.41, 5.74) is 0.570. The fourth-order valence-corrected chi connectivity index (χ4v) is 2.33. The minimum atomic E-state index is -0.907. The number of likely N-dealkylation sites (tertiary alicyclic amines) is 1. The normalized spacial score (nSPS) is 15.9. The number of halogens is 2. The number of carbonyl (C=O) groups excluding carboxylic acids is 1. The Morgan fingerprint density at radius 1 is 1.11 bits per heavy atom. The Bertz CT molecular complexity index is 479. The molecule has 0 saturated carbocycles. The van der Waals surface area contributed by atoms with Gasteiger partial charge in [-0.3, -0.25) is 4.79 Å². The molecule has 0 radical (unpaired) electrons. The fourth-order valence-electron chi connectivity index (χ4n) is 2.33. The number of nitrogens with zero attached hydrogens (tertiary/aromatic N) is 1. The zero-order chi connectivity index (χ0) is 13.3. The van der Waals surface area contributed by atoms with Gasteiger partial charge >= 0.3 is 0 Å². The highest BCUT2D eigenvalue weighted by atomic mass is 19.2. The van der Waals surface area contributed by atoms with Crippen molar-refractivity contribution < 1.29 is 13.6 Å². The summed E-state index contributed by atoms with van der Waals surface area (Å²) in [6.45, 7) is 4.34. The topological polar surface area (TPSA) is 20.3 Å². The quantitative estimate of drug-likeness (QED) is 0.752. The van der Waals surface area contributed by atoms with Gasteiger partial charge in [-0.25, -0.2) is 8.78 Å². The van der Waals surface area contributed by atoms with Gasteiger partial charge in [-0.1, -0.05) is 0 Å². The predicted molar refractivity (Wildman–Crippen MR) is 65.6 cm³/mol. The molecule has 1 aliphatic heterocycles. The van der Waals surface area contributed by atoms with Crippen LogP contribution in [0.2, 0.25) is 0 Å². The summed E-state index contributed by atoms with van der Waals surface area (Å²) in [5, 5.41) is 0. The lowest BCUT2D eigenvalue weighted by Crippen LogP contribution is -2.36. The molecule has 0 atom stereocenters. The summed E-state index contributed by atoms with van der Waals surface area (Å²) in [7, 11) is 0. The van der Waals surface area contributed by atoms with Gasteiger partial charge in [0.15, 0.2) is 11.6 Å². The number of carbonyl (C=O) groups is 1. The molecule has 1 aromatic carbocycles. The molecule has 0 bridgehead atoms. The van der Waals surface area contributed by atoms with Gasteiger partial charge < -0.3 is 4.90 Å². The molecule has 1 aliphatic rings. The van der Waals surface area contributed by atoms with Crippen molar-refractivity contribution in [1.82, 2.24) is 4.90 Å². The van der Waals surface area contributed by atoms with Crippen LogP contribution in [0.25, 0.3) is 0 Å². The molecule has 0 unspecified atom stereocenters. The van der Waals surface area contributed by atoms with Gasteiger partial charge in [-0.05, 0) is 44.7 Å². The van der Waals surface area contributed by atoms with Crippen LogP contribution in [0.15, 0.2) is 6.07 Å². The first-order valence-electron chi connectivity index (χ1n) is 6.27. The molecule has 2 rings (SSSR count). The van der Waals surface area contributed by atoms with Gasteiger partial charge in [-0.15, -0.1) is 0 Å². The van der Waals surface area contributed by atoms with E-state index in [9.17, 15) is 13.6 Å². The SMILES string of the molecule is Cc1cc(C(=O)N2CCCCC2)c(C)c(F)c1F. The van der Waals surface area contributed by atoms with Gasteiger partial charge in [0, 0.05) is 24.2 Å². The van der Waals surface area contributed by atoms with E-state index in [-0.39, 0.29) is 22.6 Å². The largest absolute Gasteiger partial charge is 0.339 e. The van der Waals surface area contributed by atoms with E-state index in [1.165, 1.54) is 19.9 Å². The van der Waals surface area contributed by atoms with Crippen LogP contribution in [-0.4, -0.2) is 23.9 Å². The summed E-state index contributed by atoms with van der Waals surface area (Å²) in [6, 6.07) is 1.45. The number of hydrogen-bond donors (Lipinski definition) is 0. The molecule has 0 N–H and O–H groups in total. The van der Waals surface area contributed by atoms with Crippen LogP contribution in [0, 0.1) is 25.5 Å². The second-order valence-corrected chi connectivity index (χ2v) is 4.85. The summed E-state index contributed by atoms with van der Waals surface area (Å²) >= 11 is 0. The summed E-state index contributed by atoms with van der Waals surface area (Å²) < 4.78 is 27.0. The second-order valence-electron chi connectivity index (χ2n) is 4.85. The van der Waals surface area contributed by atoms with E-state index in [0.29, 0.717) is 13.1 Å². The third-order valence-corrected chi connectivity index (χ3v) is 3.51. The van der Waals surface area contributed by atoms with Crippen LogP contribution < -0.4 is 0 Å². The van der Waals surface area contributed by atoms with Gasteiger partial charge in [0.1, 0.15) is 0 Å². The van der Waals surface area contributed by atoms with E-state index in [0.717, 1.165) is 19.3 Å².